The molecule has 116 valence electrons. The Kier molecular flexibility index (Phi) is 5.55. The maximum atomic E-state index is 12.1. The Bertz CT molecular complexity index is 596. The SMILES string of the molecule is Cc1ccc(NC(=O)NC(CO)C(C)c2ccccc2)cc1. The second-order valence-corrected chi connectivity index (χ2v) is 5.45. The highest BCUT2D eigenvalue weighted by atomic mass is 16.3. The highest BCUT2D eigenvalue weighted by molar-refractivity contribution is 5.89. The number of carbonyl (C=O) groups excluding carboxylic acids is 1. The summed E-state index contributed by atoms with van der Waals surface area (Å²) in [6.07, 6.45) is 0. The summed E-state index contributed by atoms with van der Waals surface area (Å²) < 4.78 is 0. The number of aliphatic hydroxyl groups is 1. The fraction of sp³-hybridized carbons (Fsp3) is 0.278. The highest BCUT2D eigenvalue weighted by Crippen LogP contribution is 2.19. The third-order valence-electron chi connectivity index (χ3n) is 3.75. The van der Waals surface area contributed by atoms with E-state index in [1.54, 1.807) is 0 Å². The molecule has 0 heterocycles. The van der Waals surface area contributed by atoms with Crippen LogP contribution in [0.15, 0.2) is 54.6 Å². The minimum absolute atomic E-state index is 0.0231. The third kappa shape index (κ3) is 4.33. The van der Waals surface area contributed by atoms with Crippen molar-refractivity contribution in [3.05, 3.63) is 65.7 Å². The summed E-state index contributed by atoms with van der Waals surface area (Å²) in [7, 11) is 0. The molecule has 2 rings (SSSR count). The molecule has 0 spiro atoms. The second kappa shape index (κ2) is 7.61. The Morgan fingerprint density at radius 1 is 1.09 bits per heavy atom. The maximum absolute atomic E-state index is 12.1. The molecule has 2 amide bonds. The zero-order chi connectivity index (χ0) is 15.9. The fourth-order valence-electron chi connectivity index (χ4n) is 2.29. The van der Waals surface area contributed by atoms with E-state index in [1.165, 1.54) is 0 Å². The van der Waals surface area contributed by atoms with Gasteiger partial charge in [-0.15, -0.1) is 0 Å². The van der Waals surface area contributed by atoms with E-state index in [1.807, 2.05) is 68.4 Å². The molecule has 2 aromatic rings. The van der Waals surface area contributed by atoms with Crippen LogP contribution in [0.5, 0.6) is 0 Å². The third-order valence-corrected chi connectivity index (χ3v) is 3.75. The van der Waals surface area contributed by atoms with Gasteiger partial charge in [-0.2, -0.15) is 0 Å². The Labute approximate surface area is 131 Å². The van der Waals surface area contributed by atoms with Crippen LogP contribution in [0.4, 0.5) is 10.5 Å². The van der Waals surface area contributed by atoms with Crippen molar-refractivity contribution in [3.63, 3.8) is 0 Å². The number of benzene rings is 2. The van der Waals surface area contributed by atoms with E-state index in [4.69, 9.17) is 0 Å². The smallest absolute Gasteiger partial charge is 0.319 e. The zero-order valence-corrected chi connectivity index (χ0v) is 12.9. The average molecular weight is 298 g/mol. The Morgan fingerprint density at radius 3 is 2.32 bits per heavy atom. The molecule has 0 bridgehead atoms. The van der Waals surface area contributed by atoms with Crippen molar-refractivity contribution in [1.82, 2.24) is 5.32 Å². The Hall–Kier alpha value is -2.33. The molecular formula is C18H22N2O2. The first kappa shape index (κ1) is 16.0. The fourth-order valence-corrected chi connectivity index (χ4v) is 2.29. The van der Waals surface area contributed by atoms with E-state index in [-0.39, 0.29) is 24.6 Å². The maximum Gasteiger partial charge on any atom is 0.319 e. The van der Waals surface area contributed by atoms with Crippen LogP contribution >= 0.6 is 0 Å². The van der Waals surface area contributed by atoms with Crippen LogP contribution < -0.4 is 10.6 Å². The van der Waals surface area contributed by atoms with E-state index in [2.05, 4.69) is 10.6 Å². The van der Waals surface area contributed by atoms with Crippen molar-refractivity contribution in [2.75, 3.05) is 11.9 Å². The van der Waals surface area contributed by atoms with Crippen LogP contribution in [0.3, 0.4) is 0 Å². The second-order valence-electron chi connectivity index (χ2n) is 5.45. The number of carbonyl (C=O) groups is 1. The normalized spacial score (nSPS) is 13.2. The summed E-state index contributed by atoms with van der Waals surface area (Å²) in [6, 6.07) is 16.8. The molecule has 0 aliphatic carbocycles. The predicted octanol–water partition coefficient (Wildman–Crippen LogP) is 3.28. The first-order valence-electron chi connectivity index (χ1n) is 7.40. The number of amides is 2. The number of aryl methyl sites for hydroxylation is 1. The molecule has 4 nitrogen and oxygen atoms in total. The van der Waals surface area contributed by atoms with E-state index in [9.17, 15) is 9.90 Å². The van der Waals surface area contributed by atoms with E-state index in [0.29, 0.717) is 0 Å². The van der Waals surface area contributed by atoms with Crippen molar-refractivity contribution in [1.29, 1.82) is 0 Å². The van der Waals surface area contributed by atoms with Crippen molar-refractivity contribution < 1.29 is 9.90 Å². The molecule has 2 atom stereocenters. The van der Waals surface area contributed by atoms with Gasteiger partial charge >= 0.3 is 6.03 Å². The van der Waals surface area contributed by atoms with Gasteiger partial charge in [0.2, 0.25) is 0 Å². The standard InChI is InChI=1S/C18H22N2O2/c1-13-8-10-16(11-9-13)19-18(22)20-17(12-21)14(2)15-6-4-3-5-7-15/h3-11,14,17,21H,12H2,1-2H3,(H2,19,20,22). The molecule has 0 fully saturated rings. The summed E-state index contributed by atoms with van der Waals surface area (Å²) in [6.45, 7) is 3.87. The predicted molar refractivity (Wildman–Crippen MR) is 89.1 cm³/mol. The lowest BCUT2D eigenvalue weighted by Crippen LogP contribution is -2.43. The number of hydrogen-bond donors (Lipinski definition) is 3. The van der Waals surface area contributed by atoms with Gasteiger partial charge in [-0.05, 0) is 24.6 Å². The van der Waals surface area contributed by atoms with Crippen LogP contribution in [0.25, 0.3) is 0 Å². The molecule has 3 N–H and O–H groups in total. The number of aliphatic hydroxyl groups excluding tert-OH is 1. The molecule has 2 unspecified atom stereocenters. The number of anilines is 1. The lowest BCUT2D eigenvalue weighted by Gasteiger charge is -2.24. The van der Waals surface area contributed by atoms with Gasteiger partial charge < -0.3 is 15.7 Å². The van der Waals surface area contributed by atoms with Crippen molar-refractivity contribution >= 4 is 11.7 Å². The van der Waals surface area contributed by atoms with Crippen LogP contribution in [0, 0.1) is 6.92 Å². The summed E-state index contributed by atoms with van der Waals surface area (Å²) in [5.41, 5.74) is 2.95. The van der Waals surface area contributed by atoms with E-state index < -0.39 is 0 Å². The van der Waals surface area contributed by atoms with Gasteiger partial charge in [0, 0.05) is 11.6 Å². The van der Waals surface area contributed by atoms with Crippen LogP contribution in [-0.2, 0) is 0 Å². The molecule has 0 aliphatic heterocycles. The highest BCUT2D eigenvalue weighted by Gasteiger charge is 2.20. The molecule has 0 radical (unpaired) electrons. The molecule has 22 heavy (non-hydrogen) atoms. The van der Waals surface area contributed by atoms with E-state index >= 15 is 0 Å². The summed E-state index contributed by atoms with van der Waals surface area (Å²) in [5, 5.41) is 15.2. The summed E-state index contributed by atoms with van der Waals surface area (Å²) in [5.74, 6) is 0.0231. The van der Waals surface area contributed by atoms with Gasteiger partial charge in [0.15, 0.2) is 0 Å². The molecule has 2 aromatic carbocycles. The largest absolute Gasteiger partial charge is 0.394 e. The van der Waals surface area contributed by atoms with Crippen molar-refractivity contribution in [3.8, 4) is 0 Å². The average Bonchev–Trinajstić information content (AvgIpc) is 2.55. The Morgan fingerprint density at radius 2 is 1.73 bits per heavy atom. The number of rotatable bonds is 5. The number of urea groups is 1. The van der Waals surface area contributed by atoms with Gasteiger partial charge in [0.05, 0.1) is 12.6 Å². The van der Waals surface area contributed by atoms with Crippen LogP contribution in [0.2, 0.25) is 0 Å². The van der Waals surface area contributed by atoms with Gasteiger partial charge in [0.25, 0.3) is 0 Å². The van der Waals surface area contributed by atoms with Crippen LogP contribution in [0.1, 0.15) is 24.0 Å². The lowest BCUT2D eigenvalue weighted by molar-refractivity contribution is 0.215. The number of nitrogens with one attached hydrogen (secondary N) is 2. The van der Waals surface area contributed by atoms with Gasteiger partial charge in [-0.25, -0.2) is 4.79 Å². The molecule has 0 aliphatic rings. The number of hydrogen-bond acceptors (Lipinski definition) is 2. The first-order chi connectivity index (χ1) is 10.6. The zero-order valence-electron chi connectivity index (χ0n) is 12.9. The molecule has 0 saturated carbocycles. The van der Waals surface area contributed by atoms with E-state index in [0.717, 1.165) is 16.8 Å². The quantitative estimate of drug-likeness (QED) is 0.793. The van der Waals surface area contributed by atoms with Gasteiger partial charge in [0.1, 0.15) is 0 Å². The Balaban J connectivity index is 1.97. The topological polar surface area (TPSA) is 61.4 Å². The molecule has 4 heteroatoms. The van der Waals surface area contributed by atoms with Gasteiger partial charge in [-0.1, -0.05) is 55.0 Å². The summed E-state index contributed by atoms with van der Waals surface area (Å²) in [4.78, 5) is 12.1. The van der Waals surface area contributed by atoms with Crippen molar-refractivity contribution in [2.45, 2.75) is 25.8 Å². The first-order valence-corrected chi connectivity index (χ1v) is 7.40. The minimum atomic E-state index is -0.340. The molecular weight excluding hydrogens is 276 g/mol. The molecule has 0 aromatic heterocycles. The lowest BCUT2D eigenvalue weighted by atomic mass is 9.94. The summed E-state index contributed by atoms with van der Waals surface area (Å²) >= 11 is 0. The van der Waals surface area contributed by atoms with Gasteiger partial charge in [-0.3, -0.25) is 0 Å². The van der Waals surface area contributed by atoms with Crippen molar-refractivity contribution in [2.24, 2.45) is 0 Å². The molecule has 0 saturated heterocycles. The monoisotopic (exact) mass is 298 g/mol. The van der Waals surface area contributed by atoms with Crippen LogP contribution in [-0.4, -0.2) is 23.8 Å². The minimum Gasteiger partial charge on any atom is -0.394 e.